The molecule has 0 spiro atoms. The second-order valence-electron chi connectivity index (χ2n) is 1.84. The first-order chi connectivity index (χ1) is 4.88. The molecule has 0 amide bonds. The molecule has 2 rings (SSSR count). The molecule has 0 N–H and O–H groups in total. The van der Waals surface area contributed by atoms with Gasteiger partial charge in [-0.2, -0.15) is 5.10 Å². The van der Waals surface area contributed by atoms with E-state index in [1.54, 1.807) is 12.5 Å². The van der Waals surface area contributed by atoms with Gasteiger partial charge in [0, 0.05) is 28.0 Å². The highest BCUT2D eigenvalue weighted by atomic mass is 127. The summed E-state index contributed by atoms with van der Waals surface area (Å²) in [5, 5.41) is 8.62. The number of hydrogen-bond acceptors (Lipinski definition) is 3. The molecule has 50 valence electrons. The molecule has 0 aliphatic carbocycles. The van der Waals surface area contributed by atoms with Crippen LogP contribution in [0.25, 0.3) is 10.9 Å². The highest BCUT2D eigenvalue weighted by Crippen LogP contribution is 2.18. The average molecular weight is 246 g/mol. The van der Waals surface area contributed by atoms with Crippen LogP contribution in [0.2, 0.25) is 0 Å². The Labute approximate surface area is 70.6 Å². The number of hydrogen-bond donors (Lipinski definition) is 0. The van der Waals surface area contributed by atoms with Gasteiger partial charge in [0.1, 0.15) is 11.8 Å². The third-order valence-electron chi connectivity index (χ3n) is 1.23. The van der Waals surface area contributed by atoms with Crippen molar-refractivity contribution in [1.82, 2.24) is 10.2 Å². The standard InChI is InChI=1S/C6H3IN2O/c7-6-5-4(3-10-6)1-2-8-9-5/h1-3H. The van der Waals surface area contributed by atoms with Crippen LogP contribution in [0.1, 0.15) is 0 Å². The smallest absolute Gasteiger partial charge is 0.191 e. The van der Waals surface area contributed by atoms with Crippen molar-refractivity contribution < 1.29 is 4.42 Å². The second-order valence-corrected chi connectivity index (χ2v) is 2.82. The van der Waals surface area contributed by atoms with Crippen molar-refractivity contribution in [2.75, 3.05) is 0 Å². The molecule has 0 fully saturated rings. The zero-order valence-corrected chi connectivity index (χ0v) is 7.07. The van der Waals surface area contributed by atoms with Crippen molar-refractivity contribution in [2.24, 2.45) is 0 Å². The van der Waals surface area contributed by atoms with Crippen molar-refractivity contribution in [3.8, 4) is 0 Å². The van der Waals surface area contributed by atoms with Gasteiger partial charge in [0.05, 0.1) is 6.20 Å². The van der Waals surface area contributed by atoms with Crippen LogP contribution >= 0.6 is 22.6 Å². The van der Waals surface area contributed by atoms with Gasteiger partial charge >= 0.3 is 0 Å². The number of rotatable bonds is 0. The van der Waals surface area contributed by atoms with Crippen LogP contribution in [0.5, 0.6) is 0 Å². The Bertz CT molecular complexity index is 357. The van der Waals surface area contributed by atoms with Crippen LogP contribution in [0.4, 0.5) is 0 Å². The largest absolute Gasteiger partial charge is 0.456 e. The van der Waals surface area contributed by atoms with Crippen LogP contribution in [-0.4, -0.2) is 10.2 Å². The van der Waals surface area contributed by atoms with Crippen molar-refractivity contribution in [1.29, 1.82) is 0 Å². The Kier molecular flexibility index (Phi) is 1.33. The molecule has 2 aromatic rings. The Hall–Kier alpha value is -0.650. The van der Waals surface area contributed by atoms with E-state index in [4.69, 9.17) is 4.42 Å². The summed E-state index contributed by atoms with van der Waals surface area (Å²) >= 11 is 2.08. The van der Waals surface area contributed by atoms with Gasteiger partial charge in [0.2, 0.25) is 0 Å². The number of fused-ring (bicyclic) bond motifs is 1. The van der Waals surface area contributed by atoms with Gasteiger partial charge in [0.15, 0.2) is 3.77 Å². The number of halogens is 1. The normalized spacial score (nSPS) is 10.5. The highest BCUT2D eigenvalue weighted by Gasteiger charge is 2.01. The zero-order chi connectivity index (χ0) is 6.97. The van der Waals surface area contributed by atoms with Gasteiger partial charge in [-0.05, 0) is 6.07 Å². The molecule has 0 radical (unpaired) electrons. The van der Waals surface area contributed by atoms with Gasteiger partial charge in [0.25, 0.3) is 0 Å². The topological polar surface area (TPSA) is 38.9 Å². The summed E-state index contributed by atoms with van der Waals surface area (Å²) in [7, 11) is 0. The summed E-state index contributed by atoms with van der Waals surface area (Å²) in [6.07, 6.45) is 3.32. The minimum atomic E-state index is 0.792. The summed E-state index contributed by atoms with van der Waals surface area (Å²) in [5.41, 5.74) is 0.836. The van der Waals surface area contributed by atoms with E-state index in [2.05, 4.69) is 32.8 Å². The molecule has 10 heavy (non-hydrogen) atoms. The quantitative estimate of drug-likeness (QED) is 0.665. The third kappa shape index (κ3) is 0.792. The van der Waals surface area contributed by atoms with E-state index < -0.39 is 0 Å². The Balaban J connectivity index is 2.93. The zero-order valence-electron chi connectivity index (χ0n) is 4.91. The molecule has 0 aliphatic heterocycles. The SMILES string of the molecule is Ic1occ2ccnnc12. The van der Waals surface area contributed by atoms with Crippen molar-refractivity contribution >= 4 is 33.5 Å². The minimum absolute atomic E-state index is 0.792. The molecular weight excluding hydrogens is 243 g/mol. The van der Waals surface area contributed by atoms with E-state index in [9.17, 15) is 0 Å². The summed E-state index contributed by atoms with van der Waals surface area (Å²) in [4.78, 5) is 0. The predicted molar refractivity (Wildman–Crippen MR) is 44.5 cm³/mol. The van der Waals surface area contributed by atoms with Gasteiger partial charge in [-0.3, -0.25) is 0 Å². The minimum Gasteiger partial charge on any atom is -0.456 e. The lowest BCUT2D eigenvalue weighted by atomic mass is 10.4. The summed E-state index contributed by atoms with van der Waals surface area (Å²) < 4.78 is 5.89. The fourth-order valence-electron chi connectivity index (χ4n) is 0.760. The van der Waals surface area contributed by atoms with E-state index in [0.717, 1.165) is 14.7 Å². The number of aromatic nitrogens is 2. The molecule has 3 nitrogen and oxygen atoms in total. The molecule has 0 saturated heterocycles. The van der Waals surface area contributed by atoms with Gasteiger partial charge in [-0.15, -0.1) is 5.10 Å². The van der Waals surface area contributed by atoms with Crippen LogP contribution < -0.4 is 0 Å². The first kappa shape index (κ1) is 6.09. The maximum absolute atomic E-state index is 5.10. The summed E-state index contributed by atoms with van der Waals surface area (Å²) in [6.45, 7) is 0. The monoisotopic (exact) mass is 246 g/mol. The molecular formula is C6H3IN2O. The molecule has 0 aliphatic rings. The van der Waals surface area contributed by atoms with E-state index in [1.807, 2.05) is 6.07 Å². The molecule has 0 aromatic carbocycles. The molecule has 0 atom stereocenters. The fourth-order valence-corrected chi connectivity index (χ4v) is 1.31. The molecule has 4 heteroatoms. The van der Waals surface area contributed by atoms with E-state index in [-0.39, 0.29) is 0 Å². The highest BCUT2D eigenvalue weighted by molar-refractivity contribution is 14.1. The average Bonchev–Trinajstić information content (AvgIpc) is 2.34. The van der Waals surface area contributed by atoms with Crippen LogP contribution in [-0.2, 0) is 0 Å². The molecule has 2 aromatic heterocycles. The first-order valence-electron chi connectivity index (χ1n) is 2.72. The summed E-state index contributed by atoms with van der Waals surface area (Å²) in [6, 6.07) is 1.87. The van der Waals surface area contributed by atoms with Crippen molar-refractivity contribution in [3.63, 3.8) is 0 Å². The second kappa shape index (κ2) is 2.19. The van der Waals surface area contributed by atoms with E-state index >= 15 is 0 Å². The maximum Gasteiger partial charge on any atom is 0.191 e. The Morgan fingerprint density at radius 3 is 3.20 bits per heavy atom. The summed E-state index contributed by atoms with van der Waals surface area (Å²) in [5.74, 6) is 0. The van der Waals surface area contributed by atoms with Crippen molar-refractivity contribution in [3.05, 3.63) is 22.3 Å². The predicted octanol–water partition coefficient (Wildman–Crippen LogP) is 1.83. The fraction of sp³-hybridized carbons (Fsp3) is 0. The van der Waals surface area contributed by atoms with Gasteiger partial charge in [-0.1, -0.05) is 0 Å². The van der Waals surface area contributed by atoms with E-state index in [0.29, 0.717) is 0 Å². The van der Waals surface area contributed by atoms with Gasteiger partial charge in [-0.25, -0.2) is 0 Å². The number of nitrogens with zero attached hydrogens (tertiary/aromatic N) is 2. The molecule has 0 bridgehead atoms. The van der Waals surface area contributed by atoms with Crippen LogP contribution in [0, 0.1) is 3.77 Å². The lowest BCUT2D eigenvalue weighted by molar-refractivity contribution is 0.542. The Morgan fingerprint density at radius 1 is 1.50 bits per heavy atom. The Morgan fingerprint density at radius 2 is 2.40 bits per heavy atom. The van der Waals surface area contributed by atoms with Crippen LogP contribution in [0.3, 0.4) is 0 Å². The van der Waals surface area contributed by atoms with Gasteiger partial charge < -0.3 is 4.42 Å². The molecule has 2 heterocycles. The lowest BCUT2D eigenvalue weighted by Gasteiger charge is -1.81. The van der Waals surface area contributed by atoms with E-state index in [1.165, 1.54) is 0 Å². The first-order valence-corrected chi connectivity index (χ1v) is 3.80. The molecule has 0 unspecified atom stereocenters. The number of furan rings is 1. The van der Waals surface area contributed by atoms with Crippen LogP contribution in [0.15, 0.2) is 22.9 Å². The molecule has 0 saturated carbocycles. The maximum atomic E-state index is 5.10. The third-order valence-corrected chi connectivity index (χ3v) is 1.99. The van der Waals surface area contributed by atoms with Crippen molar-refractivity contribution in [2.45, 2.75) is 0 Å². The lowest BCUT2D eigenvalue weighted by Crippen LogP contribution is -1.78.